The van der Waals surface area contributed by atoms with Gasteiger partial charge in [-0.2, -0.15) is 0 Å². The number of hydrogen-bond acceptors (Lipinski definition) is 2. The highest BCUT2D eigenvalue weighted by Gasteiger charge is 2.10. The number of rotatable bonds is 6. The molecule has 0 aliphatic rings. The first kappa shape index (κ1) is 13.6. The van der Waals surface area contributed by atoms with E-state index < -0.39 is 6.16 Å². The maximum atomic E-state index is 10.6. The molecule has 1 rings (SSSR count). The highest BCUT2D eigenvalue weighted by atomic mass is 16.7. The molecule has 0 aliphatic carbocycles. The molecule has 0 amide bonds. The Bertz CT molecular complexity index is 372. The van der Waals surface area contributed by atoms with E-state index in [0.717, 1.165) is 37.7 Å². The van der Waals surface area contributed by atoms with E-state index in [-0.39, 0.29) is 0 Å². The van der Waals surface area contributed by atoms with E-state index in [9.17, 15) is 4.79 Å². The van der Waals surface area contributed by atoms with Crippen molar-refractivity contribution in [2.24, 2.45) is 0 Å². The molecule has 0 saturated carbocycles. The molecule has 3 nitrogen and oxygen atoms in total. The van der Waals surface area contributed by atoms with E-state index in [1.165, 1.54) is 5.56 Å². The monoisotopic (exact) mass is 236 g/mol. The van der Waals surface area contributed by atoms with Crippen molar-refractivity contribution in [3.05, 3.63) is 29.3 Å². The van der Waals surface area contributed by atoms with Gasteiger partial charge in [0.25, 0.3) is 0 Å². The maximum absolute atomic E-state index is 10.6. The molecule has 0 radical (unpaired) electrons. The van der Waals surface area contributed by atoms with Gasteiger partial charge in [0.15, 0.2) is 0 Å². The fourth-order valence-electron chi connectivity index (χ4n) is 1.97. The Balaban J connectivity index is 2.89. The van der Waals surface area contributed by atoms with Gasteiger partial charge < -0.3 is 9.84 Å². The van der Waals surface area contributed by atoms with Crippen LogP contribution in [0.3, 0.4) is 0 Å². The zero-order valence-corrected chi connectivity index (χ0v) is 10.5. The van der Waals surface area contributed by atoms with Crippen molar-refractivity contribution < 1.29 is 14.6 Å². The largest absolute Gasteiger partial charge is 0.511 e. The summed E-state index contributed by atoms with van der Waals surface area (Å²) in [6, 6.07) is 5.62. The maximum Gasteiger partial charge on any atom is 0.511 e. The van der Waals surface area contributed by atoms with Crippen LogP contribution in [0.25, 0.3) is 0 Å². The van der Waals surface area contributed by atoms with Crippen LogP contribution in [0.2, 0.25) is 0 Å². The van der Waals surface area contributed by atoms with E-state index in [0.29, 0.717) is 5.75 Å². The molecule has 3 heteroatoms. The zero-order chi connectivity index (χ0) is 12.7. The van der Waals surface area contributed by atoms with Crippen LogP contribution in [-0.4, -0.2) is 11.3 Å². The Labute approximate surface area is 102 Å². The average Bonchev–Trinajstić information content (AvgIpc) is 2.30. The molecule has 0 atom stereocenters. The van der Waals surface area contributed by atoms with E-state index in [1.54, 1.807) is 6.07 Å². The molecule has 0 aliphatic heterocycles. The lowest BCUT2D eigenvalue weighted by Gasteiger charge is -2.12. The van der Waals surface area contributed by atoms with Gasteiger partial charge in [0.05, 0.1) is 0 Å². The fourth-order valence-corrected chi connectivity index (χ4v) is 1.97. The summed E-state index contributed by atoms with van der Waals surface area (Å²) in [4.78, 5) is 10.6. The van der Waals surface area contributed by atoms with Crippen molar-refractivity contribution in [1.29, 1.82) is 0 Å². The minimum absolute atomic E-state index is 0.493. The number of ether oxygens (including phenoxy) is 1. The first-order chi connectivity index (χ1) is 8.19. The Hall–Kier alpha value is -1.51. The molecule has 17 heavy (non-hydrogen) atoms. The lowest BCUT2D eigenvalue weighted by Crippen LogP contribution is -2.07. The number of hydrogen-bond donors (Lipinski definition) is 1. The van der Waals surface area contributed by atoms with Gasteiger partial charge in [-0.15, -0.1) is 0 Å². The van der Waals surface area contributed by atoms with Gasteiger partial charge in [-0.25, -0.2) is 4.79 Å². The van der Waals surface area contributed by atoms with Crippen LogP contribution in [0.5, 0.6) is 5.75 Å². The Morgan fingerprint density at radius 3 is 2.65 bits per heavy atom. The lowest BCUT2D eigenvalue weighted by atomic mass is 9.98. The quantitative estimate of drug-likeness (QED) is 0.460. The third-order valence-corrected chi connectivity index (χ3v) is 2.84. The SMILES string of the molecule is CCCCCc1c(CC)cccc1OC(=O)O. The number of carboxylic acid groups (broad SMARTS) is 1. The predicted molar refractivity (Wildman–Crippen MR) is 67.7 cm³/mol. The Morgan fingerprint density at radius 1 is 1.29 bits per heavy atom. The highest BCUT2D eigenvalue weighted by molar-refractivity contribution is 5.62. The van der Waals surface area contributed by atoms with Gasteiger partial charge in [0.2, 0.25) is 0 Å². The summed E-state index contributed by atoms with van der Waals surface area (Å²) in [6.45, 7) is 4.23. The molecule has 0 unspecified atom stereocenters. The van der Waals surface area contributed by atoms with Crippen molar-refractivity contribution >= 4 is 6.16 Å². The van der Waals surface area contributed by atoms with E-state index in [2.05, 4.69) is 13.8 Å². The molecule has 0 fully saturated rings. The first-order valence-corrected chi connectivity index (χ1v) is 6.20. The molecule has 1 N–H and O–H groups in total. The van der Waals surface area contributed by atoms with Crippen molar-refractivity contribution in [2.45, 2.75) is 46.0 Å². The molecular formula is C14H20O3. The normalized spacial score (nSPS) is 10.2. The molecule has 0 heterocycles. The van der Waals surface area contributed by atoms with Crippen LogP contribution >= 0.6 is 0 Å². The highest BCUT2D eigenvalue weighted by Crippen LogP contribution is 2.25. The Morgan fingerprint density at radius 2 is 2.06 bits per heavy atom. The summed E-state index contributed by atoms with van der Waals surface area (Å²) in [5.41, 5.74) is 2.23. The topological polar surface area (TPSA) is 46.5 Å². The van der Waals surface area contributed by atoms with Crippen LogP contribution in [0.15, 0.2) is 18.2 Å². The minimum atomic E-state index is -1.24. The second-order valence-corrected chi connectivity index (χ2v) is 4.07. The molecule has 1 aromatic rings. The number of unbranched alkanes of at least 4 members (excludes halogenated alkanes) is 2. The van der Waals surface area contributed by atoms with Crippen LogP contribution in [0.1, 0.15) is 44.2 Å². The minimum Gasteiger partial charge on any atom is -0.449 e. The molecule has 94 valence electrons. The van der Waals surface area contributed by atoms with Gasteiger partial charge in [0.1, 0.15) is 5.75 Å². The standard InChI is InChI=1S/C14H20O3/c1-3-5-6-9-12-11(4-2)8-7-10-13(12)17-14(15)16/h7-8,10H,3-6,9H2,1-2H3,(H,15,16). The smallest absolute Gasteiger partial charge is 0.449 e. The third kappa shape index (κ3) is 4.10. The average molecular weight is 236 g/mol. The van der Waals surface area contributed by atoms with Crippen molar-refractivity contribution in [3.8, 4) is 5.75 Å². The summed E-state index contributed by atoms with van der Waals surface area (Å²) in [5, 5.41) is 8.70. The third-order valence-electron chi connectivity index (χ3n) is 2.84. The first-order valence-electron chi connectivity index (χ1n) is 6.20. The van der Waals surface area contributed by atoms with E-state index in [1.807, 2.05) is 12.1 Å². The Kier molecular flexibility index (Phi) is 5.53. The zero-order valence-electron chi connectivity index (χ0n) is 10.5. The van der Waals surface area contributed by atoms with Gasteiger partial charge in [-0.1, -0.05) is 38.8 Å². The van der Waals surface area contributed by atoms with Crippen LogP contribution in [0, 0.1) is 0 Å². The van der Waals surface area contributed by atoms with Gasteiger partial charge >= 0.3 is 6.16 Å². The summed E-state index contributed by atoms with van der Waals surface area (Å²) < 4.78 is 4.84. The second-order valence-electron chi connectivity index (χ2n) is 4.07. The fraction of sp³-hybridized carbons (Fsp3) is 0.500. The summed E-state index contributed by atoms with van der Waals surface area (Å²) >= 11 is 0. The van der Waals surface area contributed by atoms with Crippen molar-refractivity contribution in [1.82, 2.24) is 0 Å². The van der Waals surface area contributed by atoms with Crippen LogP contribution < -0.4 is 4.74 Å². The second kappa shape index (κ2) is 6.94. The predicted octanol–water partition coefficient (Wildman–Crippen LogP) is 4.04. The lowest BCUT2D eigenvalue weighted by molar-refractivity contribution is 0.144. The van der Waals surface area contributed by atoms with Crippen LogP contribution in [-0.2, 0) is 12.8 Å². The molecule has 0 aromatic heterocycles. The van der Waals surface area contributed by atoms with Gasteiger partial charge in [-0.05, 0) is 36.5 Å². The molecule has 1 aromatic carbocycles. The summed E-state index contributed by atoms with van der Waals surface area (Å²) in [5.74, 6) is 0.493. The molecule has 0 saturated heterocycles. The van der Waals surface area contributed by atoms with Crippen LogP contribution in [0.4, 0.5) is 4.79 Å². The summed E-state index contributed by atoms with van der Waals surface area (Å²) in [7, 11) is 0. The van der Waals surface area contributed by atoms with Crippen molar-refractivity contribution in [2.75, 3.05) is 0 Å². The van der Waals surface area contributed by atoms with Gasteiger partial charge in [0, 0.05) is 0 Å². The van der Waals surface area contributed by atoms with Gasteiger partial charge in [-0.3, -0.25) is 0 Å². The molecular weight excluding hydrogens is 216 g/mol. The number of aryl methyl sites for hydroxylation is 1. The number of benzene rings is 1. The van der Waals surface area contributed by atoms with E-state index >= 15 is 0 Å². The molecule has 0 bridgehead atoms. The van der Waals surface area contributed by atoms with Crippen molar-refractivity contribution in [3.63, 3.8) is 0 Å². The summed E-state index contributed by atoms with van der Waals surface area (Å²) in [6.07, 6.45) is 3.94. The number of carbonyl (C=O) groups is 1. The van der Waals surface area contributed by atoms with E-state index in [4.69, 9.17) is 9.84 Å². The molecule has 0 spiro atoms.